The predicted molar refractivity (Wildman–Crippen MR) is 64.2 cm³/mol. The van der Waals surface area contributed by atoms with Crippen LogP contribution in [-0.2, 0) is 4.74 Å². The van der Waals surface area contributed by atoms with Crippen LogP contribution in [0.1, 0.15) is 39.5 Å². The van der Waals surface area contributed by atoms with E-state index in [1.807, 2.05) is 0 Å². The molecule has 0 aliphatic carbocycles. The Morgan fingerprint density at radius 3 is 2.80 bits per heavy atom. The van der Waals surface area contributed by atoms with Crippen LogP contribution in [0.3, 0.4) is 0 Å². The highest BCUT2D eigenvalue weighted by Crippen LogP contribution is 2.07. The maximum absolute atomic E-state index is 5.82. The molecule has 0 amide bonds. The molecule has 15 heavy (non-hydrogen) atoms. The number of piperidine rings is 1. The molecule has 1 atom stereocenters. The number of ether oxygens (including phenoxy) is 1. The van der Waals surface area contributed by atoms with Crippen LogP contribution in [0.4, 0.5) is 0 Å². The molecule has 1 aliphatic rings. The minimum Gasteiger partial charge on any atom is -0.378 e. The van der Waals surface area contributed by atoms with Crippen molar-refractivity contribution in [1.29, 1.82) is 0 Å². The Kier molecular flexibility index (Phi) is 6.98. The SMILES string of the molecule is CCC(C)NCCCOC1CCNCC1. The summed E-state index contributed by atoms with van der Waals surface area (Å²) < 4.78 is 5.82. The van der Waals surface area contributed by atoms with Crippen molar-refractivity contribution in [2.45, 2.75) is 51.7 Å². The molecule has 0 aromatic heterocycles. The van der Waals surface area contributed by atoms with Crippen molar-refractivity contribution in [3.05, 3.63) is 0 Å². The summed E-state index contributed by atoms with van der Waals surface area (Å²) in [4.78, 5) is 0. The van der Waals surface area contributed by atoms with Gasteiger partial charge in [-0.05, 0) is 52.2 Å². The smallest absolute Gasteiger partial charge is 0.0599 e. The van der Waals surface area contributed by atoms with Crippen molar-refractivity contribution in [2.24, 2.45) is 0 Å². The van der Waals surface area contributed by atoms with E-state index >= 15 is 0 Å². The summed E-state index contributed by atoms with van der Waals surface area (Å²) >= 11 is 0. The largest absolute Gasteiger partial charge is 0.378 e. The van der Waals surface area contributed by atoms with E-state index in [0.717, 1.165) is 32.7 Å². The zero-order chi connectivity index (χ0) is 10.9. The molecule has 0 bridgehead atoms. The van der Waals surface area contributed by atoms with Gasteiger partial charge in [0.2, 0.25) is 0 Å². The van der Waals surface area contributed by atoms with Crippen LogP contribution in [0.25, 0.3) is 0 Å². The van der Waals surface area contributed by atoms with Gasteiger partial charge in [0.15, 0.2) is 0 Å². The molecule has 1 unspecified atom stereocenters. The topological polar surface area (TPSA) is 33.3 Å². The molecule has 3 heteroatoms. The quantitative estimate of drug-likeness (QED) is 0.631. The predicted octanol–water partition coefficient (Wildman–Crippen LogP) is 1.53. The molecule has 0 spiro atoms. The highest BCUT2D eigenvalue weighted by molar-refractivity contribution is 4.68. The van der Waals surface area contributed by atoms with Crippen LogP contribution < -0.4 is 10.6 Å². The number of nitrogens with one attached hydrogen (secondary N) is 2. The first kappa shape index (κ1) is 12.9. The minimum absolute atomic E-state index is 0.509. The van der Waals surface area contributed by atoms with Gasteiger partial charge in [0.1, 0.15) is 0 Å². The lowest BCUT2D eigenvalue weighted by atomic mass is 10.1. The van der Waals surface area contributed by atoms with Crippen LogP contribution in [0.5, 0.6) is 0 Å². The summed E-state index contributed by atoms with van der Waals surface area (Å²) in [6.07, 6.45) is 5.20. The molecule has 0 radical (unpaired) electrons. The fourth-order valence-electron chi connectivity index (χ4n) is 1.78. The third-order valence-electron chi connectivity index (χ3n) is 3.07. The molecule has 90 valence electrons. The molecule has 0 saturated carbocycles. The van der Waals surface area contributed by atoms with Crippen molar-refractivity contribution in [3.8, 4) is 0 Å². The summed E-state index contributed by atoms with van der Waals surface area (Å²) in [5.41, 5.74) is 0. The summed E-state index contributed by atoms with van der Waals surface area (Å²) in [6, 6.07) is 0.642. The van der Waals surface area contributed by atoms with Crippen molar-refractivity contribution >= 4 is 0 Å². The zero-order valence-corrected chi connectivity index (χ0v) is 10.2. The van der Waals surface area contributed by atoms with E-state index in [0.29, 0.717) is 12.1 Å². The normalized spacial score (nSPS) is 20.4. The average Bonchev–Trinajstić information content (AvgIpc) is 2.29. The van der Waals surface area contributed by atoms with Gasteiger partial charge in [-0.1, -0.05) is 6.92 Å². The first-order chi connectivity index (χ1) is 7.33. The molecular weight excluding hydrogens is 188 g/mol. The maximum Gasteiger partial charge on any atom is 0.0599 e. The van der Waals surface area contributed by atoms with Gasteiger partial charge in [-0.15, -0.1) is 0 Å². The van der Waals surface area contributed by atoms with Crippen molar-refractivity contribution in [1.82, 2.24) is 10.6 Å². The second-order valence-corrected chi connectivity index (χ2v) is 4.44. The van der Waals surface area contributed by atoms with Gasteiger partial charge in [0.05, 0.1) is 6.10 Å². The molecule has 0 aromatic carbocycles. The molecule has 1 rings (SSSR count). The third kappa shape index (κ3) is 6.13. The molecular formula is C12H26N2O. The monoisotopic (exact) mass is 214 g/mol. The first-order valence-electron chi connectivity index (χ1n) is 6.38. The number of hydrogen-bond acceptors (Lipinski definition) is 3. The van der Waals surface area contributed by atoms with Crippen molar-refractivity contribution < 1.29 is 4.74 Å². The summed E-state index contributed by atoms with van der Waals surface area (Å²) in [5, 5.41) is 6.82. The lowest BCUT2D eigenvalue weighted by Gasteiger charge is -2.23. The molecule has 3 nitrogen and oxygen atoms in total. The van der Waals surface area contributed by atoms with Crippen molar-refractivity contribution in [3.63, 3.8) is 0 Å². The van der Waals surface area contributed by atoms with E-state index in [2.05, 4.69) is 24.5 Å². The Hall–Kier alpha value is -0.120. The van der Waals surface area contributed by atoms with E-state index in [4.69, 9.17) is 4.74 Å². The summed E-state index contributed by atoms with van der Waals surface area (Å²) in [7, 11) is 0. The molecule has 0 aromatic rings. The molecule has 1 aliphatic heterocycles. The van der Waals surface area contributed by atoms with E-state index < -0.39 is 0 Å². The van der Waals surface area contributed by atoms with Crippen LogP contribution in [0, 0.1) is 0 Å². The van der Waals surface area contributed by atoms with Crippen LogP contribution in [0.2, 0.25) is 0 Å². The fourth-order valence-corrected chi connectivity index (χ4v) is 1.78. The van der Waals surface area contributed by atoms with Gasteiger partial charge >= 0.3 is 0 Å². The minimum atomic E-state index is 0.509. The molecule has 2 N–H and O–H groups in total. The fraction of sp³-hybridized carbons (Fsp3) is 1.00. The summed E-state index contributed by atoms with van der Waals surface area (Å²) in [5.74, 6) is 0. The zero-order valence-electron chi connectivity index (χ0n) is 10.2. The first-order valence-corrected chi connectivity index (χ1v) is 6.38. The van der Waals surface area contributed by atoms with Gasteiger partial charge in [-0.25, -0.2) is 0 Å². The molecule has 1 fully saturated rings. The standard InChI is InChI=1S/C12H26N2O/c1-3-11(2)14-7-4-10-15-12-5-8-13-9-6-12/h11-14H,3-10H2,1-2H3. The van der Waals surface area contributed by atoms with Crippen molar-refractivity contribution in [2.75, 3.05) is 26.2 Å². The Morgan fingerprint density at radius 2 is 2.13 bits per heavy atom. The highest BCUT2D eigenvalue weighted by atomic mass is 16.5. The second kappa shape index (κ2) is 8.08. The Balaban J connectivity index is 1.87. The van der Waals surface area contributed by atoms with Gasteiger partial charge in [0.25, 0.3) is 0 Å². The van der Waals surface area contributed by atoms with Gasteiger partial charge in [-0.2, -0.15) is 0 Å². The molecule has 1 saturated heterocycles. The van der Waals surface area contributed by atoms with Crippen LogP contribution in [0.15, 0.2) is 0 Å². The lowest BCUT2D eigenvalue weighted by molar-refractivity contribution is 0.0316. The lowest BCUT2D eigenvalue weighted by Crippen LogP contribution is -2.33. The highest BCUT2D eigenvalue weighted by Gasteiger charge is 2.12. The number of hydrogen-bond donors (Lipinski definition) is 2. The Bertz CT molecular complexity index is 147. The van der Waals surface area contributed by atoms with E-state index in [1.165, 1.54) is 19.3 Å². The molecule has 1 heterocycles. The average molecular weight is 214 g/mol. The van der Waals surface area contributed by atoms with Gasteiger partial charge in [-0.3, -0.25) is 0 Å². The van der Waals surface area contributed by atoms with Gasteiger partial charge in [0, 0.05) is 12.6 Å². The Morgan fingerprint density at radius 1 is 1.40 bits per heavy atom. The third-order valence-corrected chi connectivity index (χ3v) is 3.07. The van der Waals surface area contributed by atoms with E-state index in [9.17, 15) is 0 Å². The van der Waals surface area contributed by atoms with E-state index in [1.54, 1.807) is 0 Å². The van der Waals surface area contributed by atoms with Gasteiger partial charge < -0.3 is 15.4 Å². The Labute approximate surface area is 94.0 Å². The maximum atomic E-state index is 5.82. The number of rotatable bonds is 7. The van der Waals surface area contributed by atoms with Crippen LogP contribution in [-0.4, -0.2) is 38.4 Å². The second-order valence-electron chi connectivity index (χ2n) is 4.44. The summed E-state index contributed by atoms with van der Waals surface area (Å²) in [6.45, 7) is 8.68. The van der Waals surface area contributed by atoms with E-state index in [-0.39, 0.29) is 0 Å². The van der Waals surface area contributed by atoms with Crippen LogP contribution >= 0.6 is 0 Å².